The molecule has 0 heterocycles. The topological polar surface area (TPSA) is 0 Å². The molecule has 1 aliphatic carbocycles. The lowest BCUT2D eigenvalue weighted by Crippen LogP contribution is -1.67. The van der Waals surface area contributed by atoms with Crippen molar-refractivity contribution in [1.82, 2.24) is 0 Å². The second-order valence-electron chi connectivity index (χ2n) is 2.32. The third-order valence-corrected chi connectivity index (χ3v) is 1.63. The number of hydrogen-bond acceptors (Lipinski definition) is 0. The van der Waals surface area contributed by atoms with E-state index in [0.717, 1.165) is 11.8 Å². The fraction of sp³-hybridized carbons (Fsp3) is 0.500. The van der Waals surface area contributed by atoms with Crippen LogP contribution in [0.4, 0.5) is 0 Å². The van der Waals surface area contributed by atoms with Gasteiger partial charge in [-0.05, 0) is 25.2 Å². The maximum Gasteiger partial charge on any atom is -0.0165 e. The smallest absolute Gasteiger partial charge is 0.0165 e. The molecule has 0 aromatic carbocycles. The van der Waals surface area contributed by atoms with Crippen LogP contribution in [0.5, 0.6) is 0 Å². The molecular weight excluding hydrogens is 96.1 g/mol. The van der Waals surface area contributed by atoms with Crippen LogP contribution in [0.15, 0.2) is 24.8 Å². The number of allylic oxidation sites excluding steroid dienone is 3. The van der Waals surface area contributed by atoms with E-state index >= 15 is 0 Å². The fourth-order valence-corrected chi connectivity index (χ4v) is 0.975. The average Bonchev–Trinajstić information content (AvgIpc) is 2.48. The number of rotatable bonds is 2. The minimum absolute atomic E-state index is 0.797. The summed E-state index contributed by atoms with van der Waals surface area (Å²) < 4.78 is 0. The molecule has 0 aliphatic heterocycles. The second kappa shape index (κ2) is 2.17. The van der Waals surface area contributed by atoms with E-state index in [1.807, 2.05) is 6.08 Å². The molecule has 1 fully saturated rings. The van der Waals surface area contributed by atoms with Gasteiger partial charge >= 0.3 is 0 Å². The van der Waals surface area contributed by atoms with Gasteiger partial charge in [-0.25, -0.2) is 0 Å². The molecule has 2 atom stereocenters. The quantitative estimate of drug-likeness (QED) is 0.476. The zero-order chi connectivity index (χ0) is 5.98. The summed E-state index contributed by atoms with van der Waals surface area (Å²) in [6.07, 6.45) is 7.75. The predicted octanol–water partition coefficient (Wildman–Crippen LogP) is 2.38. The Balaban J connectivity index is 2.26. The Bertz CT molecular complexity index is 111. The average molecular weight is 108 g/mol. The van der Waals surface area contributed by atoms with E-state index in [0.29, 0.717) is 0 Å². The van der Waals surface area contributed by atoms with Crippen LogP contribution < -0.4 is 0 Å². The van der Waals surface area contributed by atoms with Gasteiger partial charge in [-0.15, -0.1) is 6.58 Å². The van der Waals surface area contributed by atoms with Gasteiger partial charge in [0, 0.05) is 0 Å². The molecule has 0 heteroatoms. The van der Waals surface area contributed by atoms with E-state index in [1.54, 1.807) is 0 Å². The molecule has 0 amide bonds. The van der Waals surface area contributed by atoms with Gasteiger partial charge in [0.1, 0.15) is 0 Å². The lowest BCUT2D eigenvalue weighted by molar-refractivity contribution is 0.996. The SMILES string of the molecule is C=C[C@H]1C[C@@H]1/C=C/C. The van der Waals surface area contributed by atoms with E-state index in [2.05, 4.69) is 25.7 Å². The molecule has 1 rings (SSSR count). The van der Waals surface area contributed by atoms with Crippen LogP contribution >= 0.6 is 0 Å². The van der Waals surface area contributed by atoms with E-state index in [-0.39, 0.29) is 0 Å². The van der Waals surface area contributed by atoms with Gasteiger partial charge in [0.2, 0.25) is 0 Å². The van der Waals surface area contributed by atoms with Crippen molar-refractivity contribution in [3.8, 4) is 0 Å². The molecule has 0 bridgehead atoms. The lowest BCUT2D eigenvalue weighted by Gasteiger charge is -1.78. The molecule has 0 aromatic rings. The Kier molecular flexibility index (Phi) is 1.52. The maximum atomic E-state index is 3.72. The van der Waals surface area contributed by atoms with E-state index < -0.39 is 0 Å². The first kappa shape index (κ1) is 5.61. The number of hydrogen-bond donors (Lipinski definition) is 0. The largest absolute Gasteiger partial charge is 0.103 e. The molecule has 1 aliphatic rings. The summed E-state index contributed by atoms with van der Waals surface area (Å²) in [7, 11) is 0. The second-order valence-corrected chi connectivity index (χ2v) is 2.32. The highest BCUT2D eigenvalue weighted by Crippen LogP contribution is 2.40. The summed E-state index contributed by atoms with van der Waals surface area (Å²) in [4.78, 5) is 0. The van der Waals surface area contributed by atoms with Crippen LogP contribution in [-0.2, 0) is 0 Å². The first-order valence-corrected chi connectivity index (χ1v) is 3.14. The van der Waals surface area contributed by atoms with Gasteiger partial charge < -0.3 is 0 Å². The Labute approximate surface area is 50.9 Å². The highest BCUT2D eigenvalue weighted by atomic mass is 14.3. The van der Waals surface area contributed by atoms with Crippen molar-refractivity contribution < 1.29 is 0 Å². The minimum Gasteiger partial charge on any atom is -0.103 e. The van der Waals surface area contributed by atoms with Crippen LogP contribution in [0.3, 0.4) is 0 Å². The minimum atomic E-state index is 0.797. The van der Waals surface area contributed by atoms with Crippen molar-refractivity contribution in [2.24, 2.45) is 11.8 Å². The van der Waals surface area contributed by atoms with Crippen molar-refractivity contribution in [2.75, 3.05) is 0 Å². The maximum absolute atomic E-state index is 3.72. The van der Waals surface area contributed by atoms with Crippen molar-refractivity contribution in [1.29, 1.82) is 0 Å². The van der Waals surface area contributed by atoms with Crippen LogP contribution in [0, 0.1) is 11.8 Å². The Morgan fingerprint density at radius 2 is 2.25 bits per heavy atom. The molecule has 0 aromatic heterocycles. The summed E-state index contributed by atoms with van der Waals surface area (Å²) in [5, 5.41) is 0. The fourth-order valence-electron chi connectivity index (χ4n) is 0.975. The third-order valence-electron chi connectivity index (χ3n) is 1.63. The van der Waals surface area contributed by atoms with Gasteiger partial charge in [0.05, 0.1) is 0 Å². The first-order chi connectivity index (χ1) is 3.88. The summed E-state index contributed by atoms with van der Waals surface area (Å²) in [6.45, 7) is 5.79. The summed E-state index contributed by atoms with van der Waals surface area (Å²) >= 11 is 0. The molecule has 44 valence electrons. The van der Waals surface area contributed by atoms with Crippen LogP contribution in [0.2, 0.25) is 0 Å². The summed E-state index contributed by atoms with van der Waals surface area (Å²) in [6, 6.07) is 0. The summed E-state index contributed by atoms with van der Waals surface area (Å²) in [5.41, 5.74) is 0. The first-order valence-electron chi connectivity index (χ1n) is 3.14. The van der Waals surface area contributed by atoms with Crippen molar-refractivity contribution in [3.63, 3.8) is 0 Å². The monoisotopic (exact) mass is 108 g/mol. The molecule has 1 saturated carbocycles. The highest BCUT2D eigenvalue weighted by molar-refractivity contribution is 5.07. The van der Waals surface area contributed by atoms with E-state index in [1.165, 1.54) is 6.42 Å². The molecule has 0 N–H and O–H groups in total. The predicted molar refractivity (Wildman–Crippen MR) is 36.6 cm³/mol. The van der Waals surface area contributed by atoms with Gasteiger partial charge in [-0.1, -0.05) is 18.2 Å². The zero-order valence-electron chi connectivity index (χ0n) is 5.30. The molecular formula is C8H12. The highest BCUT2D eigenvalue weighted by Gasteiger charge is 2.30. The Morgan fingerprint density at radius 3 is 2.62 bits per heavy atom. The molecule has 0 saturated heterocycles. The molecule has 0 unspecified atom stereocenters. The van der Waals surface area contributed by atoms with Crippen molar-refractivity contribution >= 4 is 0 Å². The van der Waals surface area contributed by atoms with Gasteiger partial charge in [0.25, 0.3) is 0 Å². The normalized spacial score (nSPS) is 35.6. The van der Waals surface area contributed by atoms with Gasteiger partial charge in [-0.2, -0.15) is 0 Å². The van der Waals surface area contributed by atoms with Crippen LogP contribution in [0.1, 0.15) is 13.3 Å². The van der Waals surface area contributed by atoms with E-state index in [9.17, 15) is 0 Å². The van der Waals surface area contributed by atoms with Gasteiger partial charge in [0.15, 0.2) is 0 Å². The van der Waals surface area contributed by atoms with Crippen LogP contribution in [-0.4, -0.2) is 0 Å². The Hall–Kier alpha value is -0.520. The standard InChI is InChI=1S/C8H12/c1-3-5-8-6-7(8)4-2/h3-5,7-8H,2,6H2,1H3/b5-3+/t7-,8-/m0/s1. The molecule has 0 spiro atoms. The zero-order valence-corrected chi connectivity index (χ0v) is 5.30. The summed E-state index contributed by atoms with van der Waals surface area (Å²) in [5.74, 6) is 1.63. The third kappa shape index (κ3) is 1.00. The van der Waals surface area contributed by atoms with Crippen molar-refractivity contribution in [2.45, 2.75) is 13.3 Å². The lowest BCUT2D eigenvalue weighted by atomic mass is 10.3. The Morgan fingerprint density at radius 1 is 1.50 bits per heavy atom. The van der Waals surface area contributed by atoms with E-state index in [4.69, 9.17) is 0 Å². The van der Waals surface area contributed by atoms with Gasteiger partial charge in [-0.3, -0.25) is 0 Å². The van der Waals surface area contributed by atoms with Crippen molar-refractivity contribution in [3.05, 3.63) is 24.8 Å². The molecule has 8 heavy (non-hydrogen) atoms. The van der Waals surface area contributed by atoms with Crippen LogP contribution in [0.25, 0.3) is 0 Å². The molecule has 0 radical (unpaired) electrons. The molecule has 0 nitrogen and oxygen atoms in total.